The number of hydrogen-bond acceptors (Lipinski definition) is 6. The number of unbranched alkanes of at least 4 members (excludes halogenated alkanes) is 2. The highest BCUT2D eigenvalue weighted by Crippen LogP contribution is 2.19. The van der Waals surface area contributed by atoms with E-state index in [1.165, 1.54) is 23.2 Å². The van der Waals surface area contributed by atoms with Crippen LogP contribution in [0.1, 0.15) is 39.5 Å². The SMILES string of the molecule is CCCCN(CCCC)NS(=O)(=O)S(=O)(=O)c1cccc(N)c1. The van der Waals surface area contributed by atoms with Crippen molar-refractivity contribution in [3.63, 3.8) is 0 Å². The molecule has 0 aliphatic rings. The summed E-state index contributed by atoms with van der Waals surface area (Å²) in [5, 5.41) is 1.45. The zero-order valence-corrected chi connectivity index (χ0v) is 15.2. The van der Waals surface area contributed by atoms with Gasteiger partial charge in [0.2, 0.25) is 0 Å². The Morgan fingerprint density at radius 2 is 1.61 bits per heavy atom. The van der Waals surface area contributed by atoms with Gasteiger partial charge in [-0.25, -0.2) is 13.4 Å². The molecule has 0 bridgehead atoms. The highest BCUT2D eigenvalue weighted by atomic mass is 33.2. The van der Waals surface area contributed by atoms with Crippen molar-refractivity contribution in [3.8, 4) is 0 Å². The third-order valence-electron chi connectivity index (χ3n) is 3.24. The molecular formula is C14H25N3O4S2. The van der Waals surface area contributed by atoms with E-state index < -0.39 is 17.9 Å². The zero-order chi connectivity index (χ0) is 17.5. The molecule has 0 unspecified atom stereocenters. The fourth-order valence-electron chi connectivity index (χ4n) is 1.90. The molecule has 1 aromatic carbocycles. The molecule has 0 amide bonds. The molecule has 0 aliphatic heterocycles. The zero-order valence-electron chi connectivity index (χ0n) is 13.5. The van der Waals surface area contributed by atoms with Gasteiger partial charge >= 0.3 is 9.06 Å². The molecule has 132 valence electrons. The van der Waals surface area contributed by atoms with Gasteiger partial charge in [-0.3, -0.25) is 0 Å². The predicted octanol–water partition coefficient (Wildman–Crippen LogP) is 1.69. The van der Waals surface area contributed by atoms with Gasteiger partial charge in [-0.2, -0.15) is 8.42 Å². The lowest BCUT2D eigenvalue weighted by Gasteiger charge is -2.22. The molecule has 0 heterocycles. The minimum atomic E-state index is -4.60. The summed E-state index contributed by atoms with van der Waals surface area (Å²) in [5.41, 5.74) is 5.73. The first-order valence-electron chi connectivity index (χ1n) is 7.62. The third kappa shape index (κ3) is 5.45. The number of nitrogen functional groups attached to an aromatic ring is 1. The molecule has 0 fully saturated rings. The molecule has 0 saturated carbocycles. The number of rotatable bonds is 10. The Balaban J connectivity index is 3.02. The Kier molecular flexibility index (Phi) is 7.46. The first-order chi connectivity index (χ1) is 10.7. The minimum Gasteiger partial charge on any atom is -0.399 e. The Labute approximate surface area is 138 Å². The topological polar surface area (TPSA) is 110 Å². The molecule has 0 aliphatic carbocycles. The summed E-state index contributed by atoms with van der Waals surface area (Å²) < 4.78 is 49.4. The summed E-state index contributed by atoms with van der Waals surface area (Å²) in [4.78, 5) is 1.86. The number of hydrogen-bond donors (Lipinski definition) is 2. The maximum Gasteiger partial charge on any atom is 0.334 e. The fraction of sp³-hybridized carbons (Fsp3) is 0.571. The van der Waals surface area contributed by atoms with E-state index in [1.54, 1.807) is 0 Å². The van der Waals surface area contributed by atoms with E-state index in [9.17, 15) is 16.8 Å². The van der Waals surface area contributed by atoms with Crippen LogP contribution in [0, 0.1) is 0 Å². The summed E-state index contributed by atoms with van der Waals surface area (Å²) in [6.45, 7) is 4.89. The molecule has 7 nitrogen and oxygen atoms in total. The standard InChI is InChI=1S/C14H25N3O4S2/c1-3-5-10-17(11-6-4-2)16-23(20,21)22(18,19)14-9-7-8-13(15)12-14/h7-9,12,16H,3-6,10-11,15H2,1-2H3. The predicted molar refractivity (Wildman–Crippen MR) is 91.5 cm³/mol. The number of nitrogens with zero attached hydrogens (tertiary/aromatic N) is 1. The van der Waals surface area contributed by atoms with Crippen molar-refractivity contribution in [2.45, 2.75) is 44.4 Å². The molecule has 1 rings (SSSR count). The van der Waals surface area contributed by atoms with E-state index in [-0.39, 0.29) is 10.6 Å². The van der Waals surface area contributed by atoms with Gasteiger partial charge < -0.3 is 5.73 Å². The van der Waals surface area contributed by atoms with Crippen molar-refractivity contribution in [1.29, 1.82) is 0 Å². The van der Waals surface area contributed by atoms with Gasteiger partial charge in [-0.1, -0.05) is 32.8 Å². The maximum atomic E-state index is 12.4. The molecule has 9 heteroatoms. The monoisotopic (exact) mass is 363 g/mol. The van der Waals surface area contributed by atoms with Gasteiger partial charge in [0.25, 0.3) is 8.87 Å². The number of anilines is 1. The normalized spacial score (nSPS) is 12.7. The van der Waals surface area contributed by atoms with Crippen LogP contribution in [0.4, 0.5) is 5.69 Å². The smallest absolute Gasteiger partial charge is 0.334 e. The van der Waals surface area contributed by atoms with Gasteiger partial charge in [0.1, 0.15) is 0 Å². The number of hydrazine groups is 1. The van der Waals surface area contributed by atoms with Crippen molar-refractivity contribution in [2.75, 3.05) is 18.8 Å². The van der Waals surface area contributed by atoms with Gasteiger partial charge in [-0.05, 0) is 31.0 Å². The van der Waals surface area contributed by atoms with Crippen LogP contribution >= 0.6 is 0 Å². The molecule has 3 N–H and O–H groups in total. The quantitative estimate of drug-likeness (QED) is 0.372. The summed E-state index contributed by atoms with van der Waals surface area (Å²) >= 11 is 0. The van der Waals surface area contributed by atoms with Gasteiger partial charge in [0, 0.05) is 18.8 Å². The summed E-state index contributed by atoms with van der Waals surface area (Å²) in [6.07, 6.45) is 3.30. The third-order valence-corrected chi connectivity index (χ3v) is 7.66. The maximum absolute atomic E-state index is 12.4. The molecule has 0 radical (unpaired) electrons. The Morgan fingerprint density at radius 1 is 1.04 bits per heavy atom. The Hall–Kier alpha value is -1.16. The second-order valence-corrected chi connectivity index (χ2v) is 10.4. The van der Waals surface area contributed by atoms with Crippen LogP contribution in [0.2, 0.25) is 0 Å². The van der Waals surface area contributed by atoms with Crippen LogP contribution in [0.25, 0.3) is 0 Å². The lowest BCUT2D eigenvalue weighted by atomic mass is 10.3. The second-order valence-electron chi connectivity index (χ2n) is 5.27. The summed E-state index contributed by atoms with van der Waals surface area (Å²) in [6, 6.07) is 5.25. The highest BCUT2D eigenvalue weighted by molar-refractivity contribution is 8.66. The lowest BCUT2D eigenvalue weighted by molar-refractivity contribution is 0.235. The van der Waals surface area contributed by atoms with Crippen LogP contribution in [-0.4, -0.2) is 34.9 Å². The first kappa shape index (κ1) is 19.9. The molecule has 23 heavy (non-hydrogen) atoms. The summed E-state index contributed by atoms with van der Waals surface area (Å²) in [7, 11) is -9.16. The molecular weight excluding hydrogens is 338 g/mol. The average molecular weight is 364 g/mol. The van der Waals surface area contributed by atoms with E-state index >= 15 is 0 Å². The fourth-order valence-corrected chi connectivity index (χ4v) is 4.96. The van der Waals surface area contributed by atoms with Crippen molar-refractivity contribution >= 4 is 23.6 Å². The molecule has 1 aromatic rings. The lowest BCUT2D eigenvalue weighted by Crippen LogP contribution is -2.45. The van der Waals surface area contributed by atoms with E-state index in [4.69, 9.17) is 5.73 Å². The van der Waals surface area contributed by atoms with Gasteiger partial charge in [-0.15, -0.1) is 4.83 Å². The van der Waals surface area contributed by atoms with Crippen LogP contribution < -0.4 is 10.6 Å². The van der Waals surface area contributed by atoms with Gasteiger partial charge in [0.15, 0.2) is 0 Å². The van der Waals surface area contributed by atoms with Gasteiger partial charge in [0.05, 0.1) is 4.90 Å². The Morgan fingerprint density at radius 3 is 2.09 bits per heavy atom. The minimum absolute atomic E-state index is 0.190. The number of nitrogens with two attached hydrogens (primary N) is 1. The van der Waals surface area contributed by atoms with Crippen molar-refractivity contribution < 1.29 is 16.8 Å². The van der Waals surface area contributed by atoms with Crippen molar-refractivity contribution in [1.82, 2.24) is 9.84 Å². The van der Waals surface area contributed by atoms with Crippen molar-refractivity contribution in [3.05, 3.63) is 24.3 Å². The second kappa shape index (κ2) is 8.62. The molecule has 0 aromatic heterocycles. The van der Waals surface area contributed by atoms with Crippen LogP contribution in [0.15, 0.2) is 29.2 Å². The first-order valence-corrected chi connectivity index (χ1v) is 11.1. The van der Waals surface area contributed by atoms with E-state index in [2.05, 4.69) is 4.83 Å². The van der Waals surface area contributed by atoms with E-state index in [0.717, 1.165) is 31.7 Å². The molecule has 0 saturated heterocycles. The average Bonchev–Trinajstić information content (AvgIpc) is 2.49. The Bertz CT molecular complexity index is 694. The molecule has 0 atom stereocenters. The largest absolute Gasteiger partial charge is 0.399 e. The molecule has 0 spiro atoms. The highest BCUT2D eigenvalue weighted by Gasteiger charge is 2.33. The summed E-state index contributed by atoms with van der Waals surface area (Å²) in [5.74, 6) is 0. The van der Waals surface area contributed by atoms with Crippen molar-refractivity contribution in [2.24, 2.45) is 0 Å². The van der Waals surface area contributed by atoms with Crippen LogP contribution in [0.5, 0.6) is 0 Å². The van der Waals surface area contributed by atoms with Crippen LogP contribution in [-0.2, 0) is 17.9 Å². The van der Waals surface area contributed by atoms with E-state index in [1.807, 2.05) is 13.8 Å². The van der Waals surface area contributed by atoms with Crippen LogP contribution in [0.3, 0.4) is 0 Å². The number of nitrogens with one attached hydrogen (secondary N) is 1. The van der Waals surface area contributed by atoms with E-state index in [0.29, 0.717) is 13.1 Å². The number of benzene rings is 1.